The summed E-state index contributed by atoms with van der Waals surface area (Å²) >= 11 is 0. The third kappa shape index (κ3) is 5.05. The van der Waals surface area contributed by atoms with Gasteiger partial charge in [0.1, 0.15) is 23.5 Å². The van der Waals surface area contributed by atoms with Gasteiger partial charge in [-0.25, -0.2) is 14.4 Å². The minimum Gasteiger partial charge on any atom is -0.343 e. The molecule has 0 radical (unpaired) electrons. The fourth-order valence-electron chi connectivity index (χ4n) is 4.62. The predicted molar refractivity (Wildman–Crippen MR) is 133 cm³/mol. The van der Waals surface area contributed by atoms with Crippen LogP contribution < -0.4 is 10.6 Å². The molecule has 0 aliphatic carbocycles. The minimum atomic E-state index is -0.621. The van der Waals surface area contributed by atoms with E-state index in [9.17, 15) is 14.0 Å². The van der Waals surface area contributed by atoms with Crippen molar-refractivity contribution in [3.63, 3.8) is 0 Å². The van der Waals surface area contributed by atoms with Crippen LogP contribution in [0.1, 0.15) is 51.2 Å². The molecule has 0 saturated carbocycles. The van der Waals surface area contributed by atoms with E-state index in [0.717, 1.165) is 29.4 Å². The van der Waals surface area contributed by atoms with Crippen LogP contribution in [0, 0.1) is 18.7 Å². The minimum absolute atomic E-state index is 0.0638. The first kappa shape index (κ1) is 24.8. The number of amides is 2. The van der Waals surface area contributed by atoms with E-state index in [-0.39, 0.29) is 29.6 Å². The average Bonchev–Trinajstić information content (AvgIpc) is 3.48. The largest absolute Gasteiger partial charge is 0.343 e. The van der Waals surface area contributed by atoms with Crippen LogP contribution in [0.5, 0.6) is 0 Å². The molecular weight excluding hydrogens is 447 g/mol. The zero-order chi connectivity index (χ0) is 25.3. The number of likely N-dealkylation sites (tertiary alicyclic amines) is 1. The summed E-state index contributed by atoms with van der Waals surface area (Å²) in [6.45, 7) is 8.07. The first-order valence-electron chi connectivity index (χ1n) is 12.1. The lowest BCUT2D eigenvalue weighted by molar-refractivity contribution is -0.139. The fourth-order valence-corrected chi connectivity index (χ4v) is 4.62. The van der Waals surface area contributed by atoms with Crippen LogP contribution >= 0.6 is 0 Å². The predicted octanol–water partition coefficient (Wildman–Crippen LogP) is 3.28. The molecule has 1 saturated heterocycles. The van der Waals surface area contributed by atoms with E-state index in [1.54, 1.807) is 20.0 Å². The summed E-state index contributed by atoms with van der Waals surface area (Å²) in [4.78, 5) is 37.3. The molecule has 2 aromatic heterocycles. The van der Waals surface area contributed by atoms with Gasteiger partial charge in [-0.3, -0.25) is 9.59 Å². The first-order valence-corrected chi connectivity index (χ1v) is 12.1. The number of hydrogen-bond acceptors (Lipinski definition) is 5. The Labute approximate surface area is 204 Å². The van der Waals surface area contributed by atoms with E-state index >= 15 is 0 Å². The van der Waals surface area contributed by atoms with Crippen molar-refractivity contribution in [3.8, 4) is 5.82 Å². The number of carbonyl (C=O) groups is 2. The summed E-state index contributed by atoms with van der Waals surface area (Å²) in [5.41, 5.74) is 1.61. The zero-order valence-electron chi connectivity index (χ0n) is 20.9. The van der Waals surface area contributed by atoms with Gasteiger partial charge in [-0.1, -0.05) is 13.8 Å². The van der Waals surface area contributed by atoms with Gasteiger partial charge in [0.25, 0.3) is 0 Å². The summed E-state index contributed by atoms with van der Waals surface area (Å²) in [7, 11) is 1.71. The van der Waals surface area contributed by atoms with E-state index in [0.29, 0.717) is 18.2 Å². The highest BCUT2D eigenvalue weighted by molar-refractivity contribution is 5.90. The molecule has 1 aliphatic heterocycles. The molecule has 9 heteroatoms. The third-order valence-electron chi connectivity index (χ3n) is 6.68. The van der Waals surface area contributed by atoms with Gasteiger partial charge in [-0.05, 0) is 63.9 Å². The second-order valence-corrected chi connectivity index (χ2v) is 9.52. The second kappa shape index (κ2) is 10.1. The number of nitrogens with zero attached hydrogens (tertiary/aromatic N) is 4. The van der Waals surface area contributed by atoms with Gasteiger partial charge in [-0.15, -0.1) is 0 Å². The highest BCUT2D eigenvalue weighted by Crippen LogP contribution is 2.33. The number of nitrogens with one attached hydrogen (secondary N) is 2. The van der Waals surface area contributed by atoms with Crippen molar-refractivity contribution in [1.82, 2.24) is 30.1 Å². The maximum Gasteiger partial charge on any atom is 0.245 e. The lowest BCUT2D eigenvalue weighted by Gasteiger charge is -2.31. The number of benzene rings is 1. The molecule has 3 aromatic rings. The van der Waals surface area contributed by atoms with Crippen LogP contribution in [0.3, 0.4) is 0 Å². The number of likely N-dealkylation sites (N-methyl/N-ethyl adjacent to an activating group) is 1. The van der Waals surface area contributed by atoms with Gasteiger partial charge in [0.05, 0.1) is 23.3 Å². The molecule has 4 rings (SSSR count). The molecule has 1 fully saturated rings. The standard InChI is InChI=1S/C26H33FN6O2/c1-15(2)24(31-25(34)16(3)28-5)26(35)33-11-6-7-22(33)20-14-23(30-17(4)29-20)32-12-10-18-13-19(27)8-9-21(18)32/h8-10,12-16,22,24,28H,6-7,11H2,1-5H3,(H,31,34)/t16?,22-,24-/m0/s1. The summed E-state index contributed by atoms with van der Waals surface area (Å²) in [5.74, 6) is 0.615. The van der Waals surface area contributed by atoms with Crippen LogP contribution in [-0.4, -0.2) is 56.9 Å². The van der Waals surface area contributed by atoms with Crippen molar-refractivity contribution in [2.24, 2.45) is 5.92 Å². The van der Waals surface area contributed by atoms with Gasteiger partial charge in [0.2, 0.25) is 11.8 Å². The smallest absolute Gasteiger partial charge is 0.245 e. The normalized spacial score (nSPS) is 17.7. The SMILES string of the molecule is CNC(C)C(=O)N[C@H](C(=O)N1CCC[C@H]1c1cc(-n2ccc3cc(F)ccc32)nc(C)n1)C(C)C. The van der Waals surface area contributed by atoms with Gasteiger partial charge in [0, 0.05) is 24.2 Å². The van der Waals surface area contributed by atoms with E-state index in [1.165, 1.54) is 12.1 Å². The molecule has 186 valence electrons. The highest BCUT2D eigenvalue weighted by Gasteiger charge is 2.37. The van der Waals surface area contributed by atoms with Crippen LogP contribution in [0.4, 0.5) is 4.39 Å². The summed E-state index contributed by atoms with van der Waals surface area (Å²) < 4.78 is 15.6. The molecule has 0 spiro atoms. The lowest BCUT2D eigenvalue weighted by atomic mass is 10.0. The number of rotatable bonds is 7. The summed E-state index contributed by atoms with van der Waals surface area (Å²) in [6, 6.07) is 7.19. The fraction of sp³-hybridized carbons (Fsp3) is 0.462. The maximum atomic E-state index is 13.7. The Kier molecular flexibility index (Phi) is 7.16. The molecule has 2 amide bonds. The van der Waals surface area contributed by atoms with Gasteiger partial charge < -0.3 is 20.1 Å². The van der Waals surface area contributed by atoms with Crippen LogP contribution in [0.2, 0.25) is 0 Å². The molecule has 1 aliphatic rings. The van der Waals surface area contributed by atoms with Gasteiger partial charge in [-0.2, -0.15) is 0 Å². The third-order valence-corrected chi connectivity index (χ3v) is 6.68. The van der Waals surface area contributed by atoms with Crippen molar-refractivity contribution in [2.45, 2.75) is 58.7 Å². The summed E-state index contributed by atoms with van der Waals surface area (Å²) in [5, 5.41) is 6.63. The van der Waals surface area contributed by atoms with E-state index in [4.69, 9.17) is 0 Å². The van der Waals surface area contributed by atoms with Crippen LogP contribution in [-0.2, 0) is 9.59 Å². The van der Waals surface area contributed by atoms with Crippen molar-refractivity contribution in [2.75, 3.05) is 13.6 Å². The van der Waals surface area contributed by atoms with E-state index in [1.807, 2.05) is 48.6 Å². The Bertz CT molecular complexity index is 1240. The van der Waals surface area contributed by atoms with Gasteiger partial charge >= 0.3 is 0 Å². The van der Waals surface area contributed by atoms with Crippen molar-refractivity contribution < 1.29 is 14.0 Å². The molecular formula is C26H33FN6O2. The Morgan fingerprint density at radius 3 is 2.63 bits per heavy atom. The van der Waals surface area contributed by atoms with Crippen LogP contribution in [0.25, 0.3) is 16.7 Å². The second-order valence-electron chi connectivity index (χ2n) is 9.52. The van der Waals surface area contributed by atoms with E-state index in [2.05, 4.69) is 20.6 Å². The van der Waals surface area contributed by atoms with Gasteiger partial charge in [0.15, 0.2) is 0 Å². The molecule has 8 nitrogen and oxygen atoms in total. The Hall–Kier alpha value is -3.33. The number of aromatic nitrogens is 3. The van der Waals surface area contributed by atoms with Crippen molar-refractivity contribution in [3.05, 3.63) is 53.9 Å². The quantitative estimate of drug-likeness (QED) is 0.542. The molecule has 35 heavy (non-hydrogen) atoms. The maximum absolute atomic E-state index is 13.7. The van der Waals surface area contributed by atoms with E-state index < -0.39 is 12.1 Å². The molecule has 3 heterocycles. The zero-order valence-corrected chi connectivity index (χ0v) is 20.9. The molecule has 3 atom stereocenters. The number of halogens is 1. The lowest BCUT2D eigenvalue weighted by Crippen LogP contribution is -2.54. The summed E-state index contributed by atoms with van der Waals surface area (Å²) in [6.07, 6.45) is 3.50. The molecule has 1 aromatic carbocycles. The Balaban J connectivity index is 1.64. The number of fused-ring (bicyclic) bond motifs is 1. The molecule has 0 bridgehead atoms. The highest BCUT2D eigenvalue weighted by atomic mass is 19.1. The average molecular weight is 481 g/mol. The molecule has 2 N–H and O–H groups in total. The number of hydrogen-bond donors (Lipinski definition) is 2. The number of aryl methyl sites for hydroxylation is 1. The van der Waals surface area contributed by atoms with Crippen LogP contribution in [0.15, 0.2) is 36.5 Å². The Morgan fingerprint density at radius 2 is 1.91 bits per heavy atom. The monoisotopic (exact) mass is 480 g/mol. The Morgan fingerprint density at radius 1 is 1.14 bits per heavy atom. The van der Waals surface area contributed by atoms with Crippen molar-refractivity contribution in [1.29, 1.82) is 0 Å². The topological polar surface area (TPSA) is 92.2 Å². The van der Waals surface area contributed by atoms with Crippen molar-refractivity contribution >= 4 is 22.7 Å². The number of carbonyl (C=O) groups excluding carboxylic acids is 2. The molecule has 1 unspecified atom stereocenters. The first-order chi connectivity index (χ1) is 16.7.